The smallest absolute Gasteiger partial charge is 0.416 e. The van der Waals surface area contributed by atoms with Crippen LogP contribution in [0.15, 0.2) is 52.3 Å². The van der Waals surface area contributed by atoms with Gasteiger partial charge in [-0.1, -0.05) is 18.2 Å². The topological polar surface area (TPSA) is 92.4 Å². The fourth-order valence-corrected chi connectivity index (χ4v) is 3.84. The number of alkyl halides is 3. The first-order valence-electron chi connectivity index (χ1n) is 8.54. The van der Waals surface area contributed by atoms with Gasteiger partial charge < -0.3 is 14.8 Å². The van der Waals surface area contributed by atoms with Crippen LogP contribution in [-0.2, 0) is 6.18 Å². The SMILES string of the molecule is O=C(Nc1scc(-c2ccc(C(F)(F)F)cc2F)c1C(=O)O)c1nc2ccccc2o1. The number of thiophene rings is 1. The number of amides is 1. The van der Waals surface area contributed by atoms with Crippen LogP contribution in [0.2, 0.25) is 0 Å². The number of aromatic carboxylic acids is 1. The van der Waals surface area contributed by atoms with Crippen LogP contribution in [0.4, 0.5) is 22.6 Å². The third-order valence-electron chi connectivity index (χ3n) is 4.31. The monoisotopic (exact) mass is 450 g/mol. The van der Waals surface area contributed by atoms with E-state index >= 15 is 0 Å². The van der Waals surface area contributed by atoms with E-state index in [-0.39, 0.29) is 28.1 Å². The Labute approximate surface area is 174 Å². The number of rotatable bonds is 4. The van der Waals surface area contributed by atoms with Gasteiger partial charge in [0.25, 0.3) is 5.89 Å². The Morgan fingerprint density at radius 1 is 1.10 bits per heavy atom. The largest absolute Gasteiger partial charge is 0.478 e. The van der Waals surface area contributed by atoms with Crippen molar-refractivity contribution in [2.75, 3.05) is 5.32 Å². The van der Waals surface area contributed by atoms with E-state index in [1.807, 2.05) is 0 Å². The van der Waals surface area contributed by atoms with Gasteiger partial charge in [0.05, 0.1) is 5.56 Å². The lowest BCUT2D eigenvalue weighted by Crippen LogP contribution is -2.14. The molecule has 0 aliphatic carbocycles. The lowest BCUT2D eigenvalue weighted by atomic mass is 10.0. The molecule has 0 spiro atoms. The number of fused-ring (bicyclic) bond motifs is 1. The number of hydrogen-bond donors (Lipinski definition) is 2. The Balaban J connectivity index is 1.69. The first-order valence-corrected chi connectivity index (χ1v) is 9.42. The second-order valence-electron chi connectivity index (χ2n) is 6.29. The second-order valence-corrected chi connectivity index (χ2v) is 7.17. The maximum atomic E-state index is 14.4. The molecule has 4 rings (SSSR count). The molecule has 0 atom stereocenters. The molecule has 2 heterocycles. The fourth-order valence-electron chi connectivity index (χ4n) is 2.90. The van der Waals surface area contributed by atoms with Crippen LogP contribution in [0, 0.1) is 5.82 Å². The van der Waals surface area contributed by atoms with E-state index in [1.165, 1.54) is 5.38 Å². The number of carboxylic acid groups (broad SMARTS) is 1. The molecular weight excluding hydrogens is 440 g/mol. The van der Waals surface area contributed by atoms with Gasteiger partial charge in [0.2, 0.25) is 0 Å². The molecule has 0 saturated carbocycles. The van der Waals surface area contributed by atoms with E-state index in [1.54, 1.807) is 24.3 Å². The molecule has 2 aromatic carbocycles. The highest BCUT2D eigenvalue weighted by Gasteiger charge is 2.32. The Bertz CT molecular complexity index is 1290. The summed E-state index contributed by atoms with van der Waals surface area (Å²) < 4.78 is 58.0. The Morgan fingerprint density at radius 2 is 1.84 bits per heavy atom. The standard InChI is InChI=1S/C20H10F4N2O4S/c21-12-7-9(20(22,23)24)5-6-10(12)11-8-31-18(15(11)19(28)29)26-16(27)17-25-13-3-1-2-4-14(13)30-17/h1-8H,(H,26,27)(H,28,29). The van der Waals surface area contributed by atoms with Crippen molar-refractivity contribution in [3.63, 3.8) is 0 Å². The van der Waals surface area contributed by atoms with Crippen molar-refractivity contribution in [1.82, 2.24) is 4.98 Å². The van der Waals surface area contributed by atoms with Crippen molar-refractivity contribution >= 4 is 39.3 Å². The Hall–Kier alpha value is -3.73. The molecule has 2 N–H and O–H groups in total. The van der Waals surface area contributed by atoms with Crippen LogP contribution >= 0.6 is 11.3 Å². The highest BCUT2D eigenvalue weighted by molar-refractivity contribution is 7.15. The molecule has 0 saturated heterocycles. The summed E-state index contributed by atoms with van der Waals surface area (Å²) in [7, 11) is 0. The average Bonchev–Trinajstić information content (AvgIpc) is 3.31. The Kier molecular flexibility index (Phi) is 4.97. The van der Waals surface area contributed by atoms with Crippen molar-refractivity contribution in [3.05, 3.63) is 70.7 Å². The predicted molar refractivity (Wildman–Crippen MR) is 104 cm³/mol. The van der Waals surface area contributed by atoms with Gasteiger partial charge in [-0.15, -0.1) is 11.3 Å². The molecular formula is C20H10F4N2O4S. The number of carboxylic acids is 1. The molecule has 6 nitrogen and oxygen atoms in total. The summed E-state index contributed by atoms with van der Waals surface area (Å²) in [4.78, 5) is 28.3. The highest BCUT2D eigenvalue weighted by atomic mass is 32.1. The van der Waals surface area contributed by atoms with Gasteiger partial charge in [0.1, 0.15) is 21.9 Å². The third kappa shape index (κ3) is 3.87. The van der Waals surface area contributed by atoms with E-state index in [0.29, 0.717) is 17.2 Å². The summed E-state index contributed by atoms with van der Waals surface area (Å²) in [5, 5.41) is 13.0. The van der Waals surface area contributed by atoms with Crippen molar-refractivity contribution in [2.45, 2.75) is 6.18 Å². The number of hydrogen-bond acceptors (Lipinski definition) is 5. The number of benzene rings is 2. The Morgan fingerprint density at radius 3 is 2.48 bits per heavy atom. The number of nitrogens with one attached hydrogen (secondary N) is 1. The van der Waals surface area contributed by atoms with Crippen LogP contribution in [-0.4, -0.2) is 22.0 Å². The summed E-state index contributed by atoms with van der Waals surface area (Å²) in [6, 6.07) is 8.38. The third-order valence-corrected chi connectivity index (χ3v) is 5.20. The molecule has 1 amide bonds. The first kappa shape index (κ1) is 20.5. The summed E-state index contributed by atoms with van der Waals surface area (Å²) in [5.74, 6) is -3.89. The molecule has 0 radical (unpaired) electrons. The van der Waals surface area contributed by atoms with Gasteiger partial charge in [-0.2, -0.15) is 13.2 Å². The molecule has 0 aliphatic rings. The minimum Gasteiger partial charge on any atom is -0.478 e. The van der Waals surface area contributed by atoms with E-state index < -0.39 is 35.0 Å². The highest BCUT2D eigenvalue weighted by Crippen LogP contribution is 2.39. The molecule has 0 fully saturated rings. The second kappa shape index (κ2) is 7.51. The zero-order valence-corrected chi connectivity index (χ0v) is 16.0. The summed E-state index contributed by atoms with van der Waals surface area (Å²) in [6.45, 7) is 0. The van der Waals surface area contributed by atoms with Crippen molar-refractivity contribution in [2.24, 2.45) is 0 Å². The molecule has 4 aromatic rings. The number of halogens is 4. The van der Waals surface area contributed by atoms with Gasteiger partial charge in [0, 0.05) is 16.5 Å². The zero-order valence-electron chi connectivity index (χ0n) is 15.2. The van der Waals surface area contributed by atoms with Gasteiger partial charge in [0.15, 0.2) is 5.58 Å². The summed E-state index contributed by atoms with van der Waals surface area (Å²) >= 11 is 0.777. The number of nitrogens with zero attached hydrogens (tertiary/aromatic N) is 1. The quantitative estimate of drug-likeness (QED) is 0.391. The number of para-hydroxylation sites is 2. The van der Waals surface area contributed by atoms with Gasteiger partial charge in [-0.25, -0.2) is 14.2 Å². The molecule has 2 aromatic heterocycles. The molecule has 0 unspecified atom stereocenters. The molecule has 0 bridgehead atoms. The number of carbonyl (C=O) groups excluding carboxylic acids is 1. The number of carbonyl (C=O) groups is 2. The van der Waals surface area contributed by atoms with Crippen LogP contribution in [0.25, 0.3) is 22.2 Å². The zero-order chi connectivity index (χ0) is 22.3. The lowest BCUT2D eigenvalue weighted by Gasteiger charge is -2.09. The number of oxazole rings is 1. The maximum absolute atomic E-state index is 14.4. The van der Waals surface area contributed by atoms with Crippen LogP contribution in [0.1, 0.15) is 26.6 Å². The summed E-state index contributed by atoms with van der Waals surface area (Å²) in [5.41, 5.74) is -1.41. The normalized spacial score (nSPS) is 11.6. The number of anilines is 1. The van der Waals surface area contributed by atoms with Crippen LogP contribution in [0.5, 0.6) is 0 Å². The van der Waals surface area contributed by atoms with Crippen LogP contribution in [0.3, 0.4) is 0 Å². The average molecular weight is 450 g/mol. The van der Waals surface area contributed by atoms with Crippen molar-refractivity contribution in [3.8, 4) is 11.1 Å². The minimum absolute atomic E-state index is 0.144. The molecule has 31 heavy (non-hydrogen) atoms. The fraction of sp³-hybridized carbons (Fsp3) is 0.0500. The molecule has 0 aliphatic heterocycles. The van der Waals surface area contributed by atoms with Gasteiger partial charge in [-0.05, 0) is 24.3 Å². The van der Waals surface area contributed by atoms with Crippen LogP contribution < -0.4 is 5.32 Å². The minimum atomic E-state index is -4.75. The van der Waals surface area contributed by atoms with E-state index in [9.17, 15) is 32.3 Å². The molecule has 158 valence electrons. The summed E-state index contributed by atoms with van der Waals surface area (Å²) in [6.07, 6.45) is -4.75. The van der Waals surface area contributed by atoms with Crippen molar-refractivity contribution < 1.29 is 36.7 Å². The lowest BCUT2D eigenvalue weighted by molar-refractivity contribution is -0.137. The van der Waals surface area contributed by atoms with E-state index in [0.717, 1.165) is 17.4 Å². The maximum Gasteiger partial charge on any atom is 0.416 e. The van der Waals surface area contributed by atoms with Gasteiger partial charge in [-0.3, -0.25) is 4.79 Å². The predicted octanol–water partition coefficient (Wildman–Crippen LogP) is 5.66. The van der Waals surface area contributed by atoms with Gasteiger partial charge >= 0.3 is 18.1 Å². The van der Waals surface area contributed by atoms with E-state index in [2.05, 4.69) is 10.3 Å². The first-order chi connectivity index (χ1) is 14.6. The molecule has 11 heteroatoms. The number of aromatic nitrogens is 1. The van der Waals surface area contributed by atoms with E-state index in [4.69, 9.17) is 4.42 Å². The van der Waals surface area contributed by atoms with Crippen molar-refractivity contribution in [1.29, 1.82) is 0 Å².